The number of aliphatic hydroxyl groups is 5. The van der Waals surface area contributed by atoms with Crippen molar-refractivity contribution in [3.63, 3.8) is 0 Å². The van der Waals surface area contributed by atoms with E-state index in [-0.39, 0.29) is 12.8 Å². The SMILES string of the molecule is CC/C=C\C/C=C\C/C=C\CCCCCCCC(=O)OC(COC(=O)CCCCCCCCCCCC)COP(=O)(O)OC1C(O)C(O)C(O)C(O)C1O. The minimum absolute atomic E-state index is 0.0780. The van der Waals surface area contributed by atoms with E-state index in [1.54, 1.807) is 0 Å². The predicted molar refractivity (Wildman–Crippen MR) is 207 cm³/mol. The number of hydrogen-bond acceptors (Lipinski definition) is 12. The molecule has 1 aliphatic rings. The van der Waals surface area contributed by atoms with Gasteiger partial charge in [-0.25, -0.2) is 4.57 Å². The largest absolute Gasteiger partial charge is 0.472 e. The van der Waals surface area contributed by atoms with E-state index in [4.69, 9.17) is 18.5 Å². The zero-order chi connectivity index (χ0) is 40.0. The molecule has 1 rings (SSSR count). The quantitative estimate of drug-likeness (QED) is 0.0183. The molecule has 0 heterocycles. The molecule has 0 aromatic rings. The zero-order valence-electron chi connectivity index (χ0n) is 32.8. The molecule has 0 aliphatic heterocycles. The number of esters is 2. The number of rotatable bonds is 32. The van der Waals surface area contributed by atoms with Gasteiger partial charge in [0.1, 0.15) is 43.2 Å². The predicted octanol–water partition coefficient (Wildman–Crippen LogP) is 6.66. The van der Waals surface area contributed by atoms with Gasteiger partial charge in [0.05, 0.1) is 6.61 Å². The standard InChI is InChI=1S/C40H71O13P/c1-3-5-7-9-11-13-15-16-17-18-19-21-23-25-27-29-34(42)52-32(30-50-33(41)28-26-24-22-20-14-12-10-8-6-4-2)31-51-54(48,49)53-40-38(46)36(44)35(43)37(45)39(40)47/h5,7,11,13,16-17,32,35-40,43-47H,3-4,6,8-10,12,14-15,18-31H2,1-2H3,(H,48,49)/b7-5-,13-11-,17-16-. The third-order valence-electron chi connectivity index (χ3n) is 9.25. The van der Waals surface area contributed by atoms with Crippen LogP contribution in [0.5, 0.6) is 0 Å². The summed E-state index contributed by atoms with van der Waals surface area (Å²) in [6.07, 6.45) is 19.3. The Morgan fingerprint density at radius 1 is 0.593 bits per heavy atom. The molecule has 0 aromatic heterocycles. The van der Waals surface area contributed by atoms with E-state index < -0.39 is 75.7 Å². The zero-order valence-corrected chi connectivity index (χ0v) is 33.7. The van der Waals surface area contributed by atoms with E-state index in [1.165, 1.54) is 38.5 Å². The maximum absolute atomic E-state index is 12.7. The van der Waals surface area contributed by atoms with Crippen molar-refractivity contribution in [2.24, 2.45) is 0 Å². The molecular formula is C40H71O13P. The maximum atomic E-state index is 12.7. The highest BCUT2D eigenvalue weighted by Crippen LogP contribution is 2.47. The second-order valence-electron chi connectivity index (χ2n) is 14.1. The number of ether oxygens (including phenoxy) is 2. The fourth-order valence-corrected chi connectivity index (χ4v) is 6.92. The van der Waals surface area contributed by atoms with Crippen molar-refractivity contribution in [3.8, 4) is 0 Å². The molecule has 13 nitrogen and oxygen atoms in total. The van der Waals surface area contributed by atoms with Crippen molar-refractivity contribution in [1.82, 2.24) is 0 Å². The first-order chi connectivity index (χ1) is 25.9. The van der Waals surface area contributed by atoms with Crippen molar-refractivity contribution >= 4 is 19.8 Å². The minimum Gasteiger partial charge on any atom is -0.462 e. The highest BCUT2D eigenvalue weighted by atomic mass is 31.2. The number of unbranched alkanes of at least 4 members (excludes halogenated alkanes) is 14. The number of phosphoric ester groups is 1. The van der Waals surface area contributed by atoms with Crippen LogP contribution in [0.1, 0.15) is 149 Å². The van der Waals surface area contributed by atoms with Crippen LogP contribution >= 0.6 is 7.82 Å². The number of hydrogen-bond donors (Lipinski definition) is 6. The second kappa shape index (κ2) is 31.2. The maximum Gasteiger partial charge on any atom is 0.472 e. The monoisotopic (exact) mass is 790 g/mol. The van der Waals surface area contributed by atoms with Crippen LogP contribution in [0.25, 0.3) is 0 Å². The fraction of sp³-hybridized carbons (Fsp3) is 0.800. The molecule has 0 amide bonds. The van der Waals surface area contributed by atoms with E-state index in [0.717, 1.165) is 70.6 Å². The Balaban J connectivity index is 2.53. The molecule has 0 saturated heterocycles. The molecule has 0 spiro atoms. The average Bonchev–Trinajstić information content (AvgIpc) is 3.15. The van der Waals surface area contributed by atoms with Crippen LogP contribution in [0.2, 0.25) is 0 Å². The Labute approximate surface area is 323 Å². The lowest BCUT2D eigenvalue weighted by Crippen LogP contribution is -2.64. The number of carbonyl (C=O) groups excluding carboxylic acids is 2. The van der Waals surface area contributed by atoms with Crippen molar-refractivity contribution in [1.29, 1.82) is 0 Å². The van der Waals surface area contributed by atoms with E-state index >= 15 is 0 Å². The van der Waals surface area contributed by atoms with Gasteiger partial charge in [-0.15, -0.1) is 0 Å². The van der Waals surface area contributed by atoms with Gasteiger partial charge in [-0.3, -0.25) is 18.6 Å². The van der Waals surface area contributed by atoms with Crippen LogP contribution in [0.15, 0.2) is 36.5 Å². The van der Waals surface area contributed by atoms with Gasteiger partial charge in [-0.2, -0.15) is 0 Å². The smallest absolute Gasteiger partial charge is 0.462 e. The van der Waals surface area contributed by atoms with Crippen molar-refractivity contribution in [2.45, 2.75) is 191 Å². The number of carbonyl (C=O) groups is 2. The molecule has 0 bridgehead atoms. The molecule has 14 heteroatoms. The summed E-state index contributed by atoms with van der Waals surface area (Å²) in [5.41, 5.74) is 0. The third-order valence-corrected chi connectivity index (χ3v) is 10.2. The first-order valence-electron chi connectivity index (χ1n) is 20.3. The molecule has 1 saturated carbocycles. The van der Waals surface area contributed by atoms with E-state index in [0.29, 0.717) is 12.8 Å². The fourth-order valence-electron chi connectivity index (χ4n) is 5.95. The lowest BCUT2D eigenvalue weighted by atomic mass is 9.85. The summed E-state index contributed by atoms with van der Waals surface area (Å²) in [4.78, 5) is 35.5. The van der Waals surface area contributed by atoms with Gasteiger partial charge in [-0.1, -0.05) is 127 Å². The van der Waals surface area contributed by atoms with Gasteiger partial charge in [0.25, 0.3) is 0 Å². The summed E-state index contributed by atoms with van der Waals surface area (Å²) in [5.74, 6) is -1.12. The lowest BCUT2D eigenvalue weighted by molar-refractivity contribution is -0.220. The summed E-state index contributed by atoms with van der Waals surface area (Å²) in [6, 6.07) is 0. The molecule has 0 aromatic carbocycles. The molecule has 1 fully saturated rings. The second-order valence-corrected chi connectivity index (χ2v) is 15.5. The van der Waals surface area contributed by atoms with Crippen molar-refractivity contribution in [2.75, 3.05) is 13.2 Å². The molecule has 6 N–H and O–H groups in total. The van der Waals surface area contributed by atoms with Gasteiger partial charge in [-0.05, 0) is 44.9 Å². The van der Waals surface area contributed by atoms with E-state index in [2.05, 4.69) is 50.3 Å². The van der Waals surface area contributed by atoms with Crippen LogP contribution in [-0.2, 0) is 32.7 Å². The summed E-state index contributed by atoms with van der Waals surface area (Å²) < 4.78 is 33.3. The Morgan fingerprint density at radius 2 is 1.06 bits per heavy atom. The number of allylic oxidation sites excluding steroid dienone is 6. The first-order valence-corrected chi connectivity index (χ1v) is 21.8. The normalized spacial score (nSPS) is 23.6. The summed E-state index contributed by atoms with van der Waals surface area (Å²) in [6.45, 7) is 3.13. The lowest BCUT2D eigenvalue weighted by Gasteiger charge is -2.41. The highest BCUT2D eigenvalue weighted by molar-refractivity contribution is 7.47. The Hall–Kier alpha value is -1.93. The van der Waals surface area contributed by atoms with Gasteiger partial charge in [0, 0.05) is 12.8 Å². The first kappa shape index (κ1) is 50.1. The highest BCUT2D eigenvalue weighted by Gasteiger charge is 2.51. The number of phosphoric acid groups is 1. The summed E-state index contributed by atoms with van der Waals surface area (Å²) in [7, 11) is -5.11. The molecule has 1 aliphatic carbocycles. The van der Waals surface area contributed by atoms with Crippen LogP contribution in [0.4, 0.5) is 0 Å². The van der Waals surface area contributed by atoms with E-state index in [9.17, 15) is 44.6 Å². The molecule has 6 atom stereocenters. The third kappa shape index (κ3) is 23.9. The van der Waals surface area contributed by atoms with Gasteiger partial charge in [0.15, 0.2) is 6.10 Å². The van der Waals surface area contributed by atoms with E-state index in [1.807, 2.05) is 0 Å². The minimum atomic E-state index is -5.11. The van der Waals surface area contributed by atoms with Crippen LogP contribution < -0.4 is 0 Å². The van der Waals surface area contributed by atoms with Crippen molar-refractivity contribution < 1.29 is 63.1 Å². The number of aliphatic hydroxyl groups excluding tert-OH is 5. The molecule has 314 valence electrons. The van der Waals surface area contributed by atoms with Gasteiger partial charge in [0.2, 0.25) is 0 Å². The van der Waals surface area contributed by atoms with Crippen LogP contribution in [0.3, 0.4) is 0 Å². The van der Waals surface area contributed by atoms with Gasteiger partial charge >= 0.3 is 19.8 Å². The Morgan fingerprint density at radius 3 is 1.61 bits per heavy atom. The summed E-state index contributed by atoms with van der Waals surface area (Å²) in [5, 5.41) is 49.9. The van der Waals surface area contributed by atoms with Crippen LogP contribution in [0, 0.1) is 0 Å². The molecule has 6 unspecified atom stereocenters. The molecule has 0 radical (unpaired) electrons. The Bertz CT molecular complexity index is 1100. The summed E-state index contributed by atoms with van der Waals surface area (Å²) >= 11 is 0. The van der Waals surface area contributed by atoms with Crippen molar-refractivity contribution in [3.05, 3.63) is 36.5 Å². The average molecular weight is 791 g/mol. The molecule has 54 heavy (non-hydrogen) atoms. The Kier molecular flexibility index (Phi) is 28.9. The van der Waals surface area contributed by atoms with Gasteiger partial charge < -0.3 is 39.9 Å². The van der Waals surface area contributed by atoms with Crippen LogP contribution in [-0.4, -0.2) is 98.3 Å². The topological polar surface area (TPSA) is 210 Å². The molecular weight excluding hydrogens is 719 g/mol.